The average molecular weight is 499 g/mol. The Kier molecular flexibility index (Phi) is 8.40. The van der Waals surface area contributed by atoms with E-state index in [0.717, 1.165) is 11.3 Å². The zero-order valence-electron chi connectivity index (χ0n) is 15.8. The number of nitrogens with one attached hydrogen (secondary N) is 2. The van der Waals surface area contributed by atoms with E-state index in [2.05, 4.69) is 15.6 Å². The molecule has 0 amide bonds. The van der Waals surface area contributed by atoms with Gasteiger partial charge in [0.05, 0.1) is 18.1 Å². The molecule has 9 heteroatoms. The van der Waals surface area contributed by atoms with Gasteiger partial charge >= 0.3 is 0 Å². The summed E-state index contributed by atoms with van der Waals surface area (Å²) < 4.78 is 28.6. The Balaban J connectivity index is 0.00000338. The first-order valence-corrected chi connectivity index (χ1v) is 10.5. The van der Waals surface area contributed by atoms with E-state index in [4.69, 9.17) is 4.42 Å². The number of aliphatic hydroxyl groups is 1. The van der Waals surface area contributed by atoms with Crippen molar-refractivity contribution in [3.05, 3.63) is 23.2 Å². The summed E-state index contributed by atoms with van der Waals surface area (Å²) >= 11 is 0. The minimum absolute atomic E-state index is 0. The maximum absolute atomic E-state index is 11.5. The molecule has 7 nitrogen and oxygen atoms in total. The van der Waals surface area contributed by atoms with Crippen molar-refractivity contribution in [1.29, 1.82) is 0 Å². The van der Waals surface area contributed by atoms with E-state index in [1.54, 1.807) is 6.92 Å². The number of nitrogens with zero attached hydrogens (tertiary/aromatic N) is 1. The molecule has 3 N–H and O–H groups in total. The largest absolute Gasteiger partial charge is 0.466 e. The van der Waals surface area contributed by atoms with Crippen molar-refractivity contribution in [1.82, 2.24) is 10.6 Å². The summed E-state index contributed by atoms with van der Waals surface area (Å²) in [7, 11) is -2.88. The van der Waals surface area contributed by atoms with Gasteiger partial charge in [-0.05, 0) is 46.1 Å². The molecule has 0 radical (unpaired) electrons. The summed E-state index contributed by atoms with van der Waals surface area (Å²) in [6, 6.07) is 1.83. The molecule has 0 aliphatic carbocycles. The van der Waals surface area contributed by atoms with Gasteiger partial charge in [-0.25, -0.2) is 13.4 Å². The van der Waals surface area contributed by atoms with E-state index in [1.165, 1.54) is 0 Å². The first-order valence-electron chi connectivity index (χ1n) is 8.65. The van der Waals surface area contributed by atoms with Crippen molar-refractivity contribution < 1.29 is 17.9 Å². The molecule has 2 rings (SSSR count). The normalized spacial score (nSPS) is 21.7. The van der Waals surface area contributed by atoms with Crippen LogP contribution < -0.4 is 10.6 Å². The number of halogens is 1. The van der Waals surface area contributed by atoms with Gasteiger partial charge in [0, 0.05) is 18.7 Å². The van der Waals surface area contributed by atoms with Crippen molar-refractivity contribution in [2.24, 2.45) is 10.9 Å². The SMILES string of the molecule is CCNC(=NCC(C)(O)c1cc(C)oc1C)NCC1CCS(=O)(=O)C1.I. The minimum Gasteiger partial charge on any atom is -0.466 e. The van der Waals surface area contributed by atoms with Crippen LogP contribution in [0.25, 0.3) is 0 Å². The van der Waals surface area contributed by atoms with Crippen LogP contribution in [0.5, 0.6) is 0 Å². The lowest BCUT2D eigenvalue weighted by Crippen LogP contribution is -2.41. The van der Waals surface area contributed by atoms with Gasteiger partial charge < -0.3 is 20.2 Å². The number of sulfone groups is 1. The van der Waals surface area contributed by atoms with Crippen LogP contribution in [0, 0.1) is 19.8 Å². The van der Waals surface area contributed by atoms with Crippen LogP contribution in [0.2, 0.25) is 0 Å². The third-order valence-electron chi connectivity index (χ3n) is 4.40. The number of furan rings is 1. The maximum atomic E-state index is 11.5. The molecule has 0 saturated carbocycles. The fourth-order valence-corrected chi connectivity index (χ4v) is 4.96. The van der Waals surface area contributed by atoms with Crippen molar-refractivity contribution in [3.63, 3.8) is 0 Å². The van der Waals surface area contributed by atoms with Gasteiger partial charge in [0.1, 0.15) is 17.1 Å². The highest BCUT2D eigenvalue weighted by atomic mass is 127. The van der Waals surface area contributed by atoms with Gasteiger partial charge in [-0.15, -0.1) is 24.0 Å². The highest BCUT2D eigenvalue weighted by Gasteiger charge is 2.29. The van der Waals surface area contributed by atoms with Crippen molar-refractivity contribution in [3.8, 4) is 0 Å². The summed E-state index contributed by atoms with van der Waals surface area (Å²) in [5, 5.41) is 17.1. The van der Waals surface area contributed by atoms with Crippen LogP contribution in [0.1, 0.15) is 37.4 Å². The van der Waals surface area contributed by atoms with Crippen molar-refractivity contribution in [2.75, 3.05) is 31.1 Å². The van der Waals surface area contributed by atoms with Crippen LogP contribution in [-0.4, -0.2) is 50.6 Å². The maximum Gasteiger partial charge on any atom is 0.191 e. The Morgan fingerprint density at radius 3 is 2.62 bits per heavy atom. The third kappa shape index (κ3) is 6.41. The summed E-state index contributed by atoms with van der Waals surface area (Å²) in [5.41, 5.74) is -0.410. The summed E-state index contributed by atoms with van der Waals surface area (Å²) in [4.78, 5) is 4.46. The molecule has 26 heavy (non-hydrogen) atoms. The standard InChI is InChI=1S/C17H29N3O4S.HI/c1-5-18-16(19-9-14-6-7-25(22,23)10-14)20-11-17(4,21)15-8-12(2)24-13(15)3;/h8,14,21H,5-7,9-11H2,1-4H3,(H2,18,19,20);1H. The monoisotopic (exact) mass is 499 g/mol. The number of guanidine groups is 1. The molecule has 1 aliphatic rings. The van der Waals surface area contributed by atoms with E-state index in [0.29, 0.717) is 31.2 Å². The molecular formula is C17H30IN3O4S. The lowest BCUT2D eigenvalue weighted by molar-refractivity contribution is 0.0657. The predicted octanol–water partition coefficient (Wildman–Crippen LogP) is 1.71. The van der Waals surface area contributed by atoms with E-state index >= 15 is 0 Å². The number of aliphatic imine (C=N–C) groups is 1. The lowest BCUT2D eigenvalue weighted by atomic mass is 9.96. The Labute approximate surface area is 173 Å². The van der Waals surface area contributed by atoms with Crippen molar-refractivity contribution in [2.45, 2.75) is 39.7 Å². The second-order valence-corrected chi connectivity index (χ2v) is 9.17. The second kappa shape index (κ2) is 9.41. The summed E-state index contributed by atoms with van der Waals surface area (Å²) in [6.45, 7) is 8.74. The fourth-order valence-electron chi connectivity index (χ4n) is 3.10. The molecule has 2 atom stereocenters. The first-order chi connectivity index (χ1) is 11.6. The topological polar surface area (TPSA) is 104 Å². The number of hydrogen-bond acceptors (Lipinski definition) is 5. The Hall–Kier alpha value is -0.810. The Morgan fingerprint density at radius 2 is 2.12 bits per heavy atom. The van der Waals surface area contributed by atoms with Gasteiger partial charge in [0.15, 0.2) is 15.8 Å². The van der Waals surface area contributed by atoms with Crippen LogP contribution in [-0.2, 0) is 15.4 Å². The van der Waals surface area contributed by atoms with Crippen LogP contribution >= 0.6 is 24.0 Å². The highest BCUT2D eigenvalue weighted by Crippen LogP contribution is 2.27. The van der Waals surface area contributed by atoms with Gasteiger partial charge in [0.2, 0.25) is 0 Å². The molecule has 1 aliphatic heterocycles. The molecule has 1 fully saturated rings. The van der Waals surface area contributed by atoms with E-state index in [1.807, 2.05) is 26.8 Å². The molecule has 0 bridgehead atoms. The first kappa shape index (κ1) is 23.2. The average Bonchev–Trinajstić information content (AvgIpc) is 3.04. The smallest absolute Gasteiger partial charge is 0.191 e. The third-order valence-corrected chi connectivity index (χ3v) is 6.23. The summed E-state index contributed by atoms with van der Waals surface area (Å²) in [5.74, 6) is 2.61. The zero-order valence-corrected chi connectivity index (χ0v) is 19.0. The molecule has 1 saturated heterocycles. The molecule has 0 aromatic carbocycles. The van der Waals surface area contributed by atoms with E-state index in [9.17, 15) is 13.5 Å². The van der Waals surface area contributed by atoms with Gasteiger partial charge in [0.25, 0.3) is 0 Å². The number of hydrogen-bond donors (Lipinski definition) is 3. The van der Waals surface area contributed by atoms with E-state index < -0.39 is 15.4 Å². The predicted molar refractivity (Wildman–Crippen MR) is 114 cm³/mol. The number of rotatable bonds is 6. The summed E-state index contributed by atoms with van der Waals surface area (Å²) in [6.07, 6.45) is 0.681. The van der Waals surface area contributed by atoms with Crippen LogP contribution in [0.15, 0.2) is 15.5 Å². The molecule has 1 aromatic heterocycles. The highest BCUT2D eigenvalue weighted by molar-refractivity contribution is 14.0. The van der Waals surface area contributed by atoms with E-state index in [-0.39, 0.29) is 47.9 Å². The molecule has 0 spiro atoms. The minimum atomic E-state index is -2.88. The van der Waals surface area contributed by atoms with Crippen LogP contribution in [0.3, 0.4) is 0 Å². The second-order valence-electron chi connectivity index (χ2n) is 6.95. The van der Waals surface area contributed by atoms with Gasteiger partial charge in [-0.1, -0.05) is 0 Å². The zero-order chi connectivity index (χ0) is 18.7. The Morgan fingerprint density at radius 1 is 1.42 bits per heavy atom. The molecule has 150 valence electrons. The lowest BCUT2D eigenvalue weighted by Gasteiger charge is -2.22. The van der Waals surface area contributed by atoms with Gasteiger partial charge in [-0.3, -0.25) is 0 Å². The van der Waals surface area contributed by atoms with Crippen molar-refractivity contribution >= 4 is 39.8 Å². The quantitative estimate of drug-likeness (QED) is 0.313. The molecule has 2 unspecified atom stereocenters. The molecular weight excluding hydrogens is 469 g/mol. The molecule has 1 aromatic rings. The van der Waals surface area contributed by atoms with Gasteiger partial charge in [-0.2, -0.15) is 0 Å². The fraction of sp³-hybridized carbons (Fsp3) is 0.706. The molecule has 2 heterocycles. The number of aryl methyl sites for hydroxylation is 2. The van der Waals surface area contributed by atoms with Crippen LogP contribution in [0.4, 0.5) is 0 Å². The Bertz CT molecular complexity index is 728.